The van der Waals surface area contributed by atoms with Crippen LogP contribution < -0.4 is 5.32 Å². The number of aryl methyl sites for hydroxylation is 1. The second kappa shape index (κ2) is 5.07. The molecule has 0 spiro atoms. The Morgan fingerprint density at radius 2 is 2.10 bits per heavy atom. The Kier molecular flexibility index (Phi) is 3.54. The number of hydrogen-bond donors (Lipinski definition) is 1. The zero-order valence-corrected chi connectivity index (χ0v) is 13.9. The lowest BCUT2D eigenvalue weighted by Gasteiger charge is -2.15. The molecule has 1 N–H and O–H groups in total. The highest BCUT2D eigenvalue weighted by Crippen LogP contribution is 2.44. The summed E-state index contributed by atoms with van der Waals surface area (Å²) in [5.41, 5.74) is 0.00325. The van der Waals surface area contributed by atoms with Gasteiger partial charge in [-0.1, -0.05) is 20.8 Å². The first-order valence-electron chi connectivity index (χ1n) is 6.96. The molecule has 3 rings (SSSR count). The van der Waals surface area contributed by atoms with Crippen molar-refractivity contribution in [3.8, 4) is 0 Å². The Bertz CT molecular complexity index is 592. The van der Waals surface area contributed by atoms with E-state index >= 15 is 0 Å². The van der Waals surface area contributed by atoms with Crippen LogP contribution in [-0.2, 0) is 5.41 Å². The minimum Gasteiger partial charge on any atom is -0.351 e. The van der Waals surface area contributed by atoms with E-state index in [9.17, 15) is 0 Å². The first kappa shape index (κ1) is 13.9. The summed E-state index contributed by atoms with van der Waals surface area (Å²) in [5.74, 6) is 1.61. The van der Waals surface area contributed by atoms with Crippen LogP contribution in [0.5, 0.6) is 0 Å². The van der Waals surface area contributed by atoms with E-state index in [1.807, 2.05) is 6.20 Å². The van der Waals surface area contributed by atoms with E-state index in [2.05, 4.69) is 47.4 Å². The van der Waals surface area contributed by atoms with Crippen LogP contribution in [0.15, 0.2) is 6.20 Å². The Balaban J connectivity index is 1.79. The first-order chi connectivity index (χ1) is 9.43. The van der Waals surface area contributed by atoms with Crippen molar-refractivity contribution in [3.63, 3.8) is 0 Å². The number of nitrogens with zero attached hydrogens (tertiary/aromatic N) is 3. The fraction of sp³-hybridized carbons (Fsp3) is 0.643. The van der Waals surface area contributed by atoms with Gasteiger partial charge in [-0.05, 0) is 25.7 Å². The zero-order valence-electron chi connectivity index (χ0n) is 12.3. The lowest BCUT2D eigenvalue weighted by molar-refractivity contribution is 0.554. The molecule has 0 saturated heterocycles. The van der Waals surface area contributed by atoms with Gasteiger partial charge in [0.2, 0.25) is 5.13 Å². The van der Waals surface area contributed by atoms with Gasteiger partial charge in [0, 0.05) is 28.0 Å². The van der Waals surface area contributed by atoms with Crippen LogP contribution in [0, 0.1) is 12.8 Å². The van der Waals surface area contributed by atoms with Gasteiger partial charge in [0.05, 0.1) is 6.04 Å². The van der Waals surface area contributed by atoms with Crippen molar-refractivity contribution < 1.29 is 0 Å². The third kappa shape index (κ3) is 3.01. The van der Waals surface area contributed by atoms with Gasteiger partial charge >= 0.3 is 0 Å². The molecule has 0 radical (unpaired) electrons. The van der Waals surface area contributed by atoms with Crippen molar-refractivity contribution in [2.24, 2.45) is 5.92 Å². The number of anilines is 1. The number of hydrogen-bond acceptors (Lipinski definition) is 6. The van der Waals surface area contributed by atoms with E-state index in [-0.39, 0.29) is 5.41 Å². The molecule has 1 saturated carbocycles. The molecule has 20 heavy (non-hydrogen) atoms. The third-order valence-electron chi connectivity index (χ3n) is 3.37. The summed E-state index contributed by atoms with van der Waals surface area (Å²) in [6.45, 7) is 8.53. The lowest BCUT2D eigenvalue weighted by Crippen LogP contribution is -2.15. The molecule has 2 aromatic rings. The summed E-state index contributed by atoms with van der Waals surface area (Å²) >= 11 is 3.23. The van der Waals surface area contributed by atoms with Gasteiger partial charge in [0.25, 0.3) is 0 Å². The van der Waals surface area contributed by atoms with Crippen LogP contribution in [-0.4, -0.2) is 14.3 Å². The minimum absolute atomic E-state index is 0.00325. The number of nitrogens with one attached hydrogen (secondary N) is 1. The molecule has 2 heterocycles. The van der Waals surface area contributed by atoms with Crippen LogP contribution in [0.25, 0.3) is 0 Å². The highest BCUT2D eigenvalue weighted by molar-refractivity contribution is 7.11. The third-order valence-corrected chi connectivity index (χ3v) is 5.02. The molecule has 1 aliphatic carbocycles. The maximum atomic E-state index is 4.64. The molecule has 6 heteroatoms. The van der Waals surface area contributed by atoms with Crippen molar-refractivity contribution in [1.29, 1.82) is 0 Å². The van der Waals surface area contributed by atoms with Crippen LogP contribution in [0.4, 0.5) is 5.13 Å². The average Bonchev–Trinajstić information content (AvgIpc) is 2.92. The highest BCUT2D eigenvalue weighted by atomic mass is 32.1. The van der Waals surface area contributed by atoms with Crippen LogP contribution in [0.2, 0.25) is 0 Å². The fourth-order valence-electron chi connectivity index (χ4n) is 2.05. The second-order valence-corrected chi connectivity index (χ2v) is 8.46. The maximum absolute atomic E-state index is 4.64. The second-order valence-electron chi connectivity index (χ2n) is 6.44. The molecule has 0 aromatic carbocycles. The molecule has 1 unspecified atom stereocenters. The summed E-state index contributed by atoms with van der Waals surface area (Å²) in [4.78, 5) is 10.4. The molecule has 0 aliphatic heterocycles. The number of rotatable bonds is 4. The first-order valence-corrected chi connectivity index (χ1v) is 8.55. The van der Waals surface area contributed by atoms with Crippen LogP contribution >= 0.6 is 22.9 Å². The predicted molar refractivity (Wildman–Crippen MR) is 84.5 cm³/mol. The molecular weight excluding hydrogens is 288 g/mol. The number of thiazole rings is 1. The normalized spacial score (nSPS) is 17.2. The van der Waals surface area contributed by atoms with E-state index in [1.165, 1.54) is 34.3 Å². The van der Waals surface area contributed by atoms with E-state index < -0.39 is 0 Å². The molecule has 4 nitrogen and oxygen atoms in total. The molecule has 1 aliphatic rings. The largest absolute Gasteiger partial charge is 0.351 e. The molecule has 0 bridgehead atoms. The topological polar surface area (TPSA) is 50.7 Å². The van der Waals surface area contributed by atoms with Gasteiger partial charge in [-0.2, -0.15) is 4.37 Å². The summed E-state index contributed by atoms with van der Waals surface area (Å²) in [7, 11) is 0. The minimum atomic E-state index is 0.00325. The standard InChI is InChI=1S/C14H20N4S2/c1-8-7-15-11(19-8)10(9-5-6-9)16-13-17-12(18-20-13)14(2,3)4/h7,9-10H,5-6H2,1-4H3,(H,16,17,18). The van der Waals surface area contributed by atoms with Gasteiger partial charge in [0.15, 0.2) is 0 Å². The SMILES string of the molecule is Cc1cnc(C(Nc2nc(C(C)(C)C)ns2)C2CC2)s1. The van der Waals surface area contributed by atoms with Crippen molar-refractivity contribution >= 4 is 28.0 Å². The lowest BCUT2D eigenvalue weighted by atomic mass is 9.96. The molecule has 0 amide bonds. The Hall–Kier alpha value is -1.01. The average molecular weight is 308 g/mol. The van der Waals surface area contributed by atoms with E-state index in [4.69, 9.17) is 0 Å². The van der Waals surface area contributed by atoms with Gasteiger partial charge in [-0.25, -0.2) is 9.97 Å². The van der Waals surface area contributed by atoms with Crippen LogP contribution in [0.1, 0.15) is 55.4 Å². The summed E-state index contributed by atoms with van der Waals surface area (Å²) in [6, 6.07) is 0.300. The van der Waals surface area contributed by atoms with Crippen molar-refractivity contribution in [2.75, 3.05) is 5.32 Å². The Labute approximate surface area is 127 Å². The number of aromatic nitrogens is 3. The van der Waals surface area contributed by atoms with E-state index in [0.717, 1.165) is 11.0 Å². The molecule has 1 fully saturated rings. The maximum Gasteiger partial charge on any atom is 0.203 e. The van der Waals surface area contributed by atoms with Crippen molar-refractivity contribution in [2.45, 2.75) is 52.0 Å². The summed E-state index contributed by atoms with van der Waals surface area (Å²) in [6.07, 6.45) is 4.51. The van der Waals surface area contributed by atoms with Gasteiger partial charge in [-0.15, -0.1) is 11.3 Å². The Morgan fingerprint density at radius 1 is 1.35 bits per heavy atom. The molecule has 108 valence electrons. The van der Waals surface area contributed by atoms with E-state index in [1.54, 1.807) is 11.3 Å². The highest BCUT2D eigenvalue weighted by Gasteiger charge is 2.35. The van der Waals surface area contributed by atoms with Gasteiger partial charge < -0.3 is 5.32 Å². The zero-order chi connectivity index (χ0) is 14.3. The molecular formula is C14H20N4S2. The molecule has 1 atom stereocenters. The van der Waals surface area contributed by atoms with Gasteiger partial charge in [0.1, 0.15) is 10.8 Å². The van der Waals surface area contributed by atoms with Crippen molar-refractivity contribution in [3.05, 3.63) is 21.9 Å². The smallest absolute Gasteiger partial charge is 0.203 e. The Morgan fingerprint density at radius 3 is 2.60 bits per heavy atom. The monoisotopic (exact) mass is 308 g/mol. The quantitative estimate of drug-likeness (QED) is 0.921. The predicted octanol–water partition coefficient (Wildman–Crippen LogP) is 4.16. The summed E-state index contributed by atoms with van der Waals surface area (Å²) in [5, 5.41) is 5.65. The van der Waals surface area contributed by atoms with Gasteiger partial charge in [-0.3, -0.25) is 0 Å². The van der Waals surface area contributed by atoms with E-state index in [0.29, 0.717) is 12.0 Å². The van der Waals surface area contributed by atoms with Crippen molar-refractivity contribution in [1.82, 2.24) is 14.3 Å². The van der Waals surface area contributed by atoms with Crippen LogP contribution in [0.3, 0.4) is 0 Å². The molecule has 2 aromatic heterocycles. The summed E-state index contributed by atoms with van der Waals surface area (Å²) < 4.78 is 4.47. The fourth-order valence-corrected chi connectivity index (χ4v) is 3.76.